The number of phenolic OH excluding ortho intramolecular Hbond substituents is 1. The molecule has 0 saturated heterocycles. The average Bonchev–Trinajstić information content (AvgIpc) is 2.39. The summed E-state index contributed by atoms with van der Waals surface area (Å²) in [6, 6.07) is 14.0. The van der Waals surface area contributed by atoms with Crippen LogP contribution in [0.4, 0.5) is 0 Å². The Morgan fingerprint density at radius 1 is 1.05 bits per heavy atom. The van der Waals surface area contributed by atoms with Gasteiger partial charge in [0.1, 0.15) is 5.75 Å². The molecule has 2 N–H and O–H groups in total. The van der Waals surface area contributed by atoms with Gasteiger partial charge in [0.15, 0.2) is 0 Å². The van der Waals surface area contributed by atoms with Crippen LogP contribution in [0.3, 0.4) is 0 Å². The van der Waals surface area contributed by atoms with Crippen molar-refractivity contribution in [3.05, 3.63) is 65.2 Å². The molecule has 0 atom stereocenters. The molecule has 0 aliphatic carbocycles. The summed E-state index contributed by atoms with van der Waals surface area (Å²) in [5, 5.41) is 18.3. The number of carboxylic acids is 1. The van der Waals surface area contributed by atoms with E-state index in [1.807, 2.05) is 31.3 Å². The molecule has 0 aromatic heterocycles. The van der Waals surface area contributed by atoms with Gasteiger partial charge in [-0.25, -0.2) is 4.79 Å². The molecule has 0 fully saturated rings. The van der Waals surface area contributed by atoms with E-state index in [1.165, 1.54) is 0 Å². The molecular weight excluding hydrogens is 254 g/mol. The largest absolute Gasteiger partial charge is 0.508 e. The maximum absolute atomic E-state index is 10.8. The first-order valence-corrected chi connectivity index (χ1v) is 6.33. The first-order valence-electron chi connectivity index (χ1n) is 6.33. The molecule has 104 valence electrons. The summed E-state index contributed by atoms with van der Waals surface area (Å²) in [6.07, 6.45) is 0. The first-order chi connectivity index (χ1) is 9.54. The van der Waals surface area contributed by atoms with E-state index in [9.17, 15) is 9.90 Å². The van der Waals surface area contributed by atoms with Gasteiger partial charge in [-0.1, -0.05) is 24.3 Å². The van der Waals surface area contributed by atoms with Gasteiger partial charge in [-0.05, 0) is 42.4 Å². The summed E-state index contributed by atoms with van der Waals surface area (Å²) in [5.74, 6) is -0.647. The molecule has 0 unspecified atom stereocenters. The molecule has 2 aromatic carbocycles. The van der Waals surface area contributed by atoms with E-state index in [1.54, 1.807) is 24.3 Å². The van der Waals surface area contributed by atoms with Crippen molar-refractivity contribution in [2.75, 3.05) is 7.05 Å². The number of aromatic hydroxyl groups is 1. The quantitative estimate of drug-likeness (QED) is 0.877. The van der Waals surface area contributed by atoms with E-state index >= 15 is 0 Å². The molecule has 0 heterocycles. The van der Waals surface area contributed by atoms with E-state index in [2.05, 4.69) is 4.90 Å². The lowest BCUT2D eigenvalue weighted by Gasteiger charge is -2.17. The van der Waals surface area contributed by atoms with Gasteiger partial charge in [0.25, 0.3) is 0 Å². The van der Waals surface area contributed by atoms with Gasteiger partial charge in [-0.2, -0.15) is 0 Å². The van der Waals surface area contributed by atoms with Crippen LogP contribution >= 0.6 is 0 Å². The highest BCUT2D eigenvalue weighted by molar-refractivity contribution is 5.87. The fourth-order valence-corrected chi connectivity index (χ4v) is 2.09. The van der Waals surface area contributed by atoms with Crippen molar-refractivity contribution in [1.29, 1.82) is 0 Å². The third-order valence-corrected chi connectivity index (χ3v) is 3.02. The van der Waals surface area contributed by atoms with Crippen LogP contribution in [-0.2, 0) is 13.1 Å². The molecular formula is C16H17NO3. The lowest BCUT2D eigenvalue weighted by molar-refractivity contribution is 0.0697. The Kier molecular flexibility index (Phi) is 4.38. The van der Waals surface area contributed by atoms with Gasteiger partial charge in [-0.3, -0.25) is 4.90 Å². The summed E-state index contributed by atoms with van der Waals surface area (Å²) in [6.45, 7) is 1.44. The fraction of sp³-hybridized carbons (Fsp3) is 0.188. The second-order valence-corrected chi connectivity index (χ2v) is 4.84. The number of phenols is 1. The summed E-state index contributed by atoms with van der Waals surface area (Å²) in [4.78, 5) is 12.9. The lowest BCUT2D eigenvalue weighted by Crippen LogP contribution is -2.17. The first kappa shape index (κ1) is 14.1. The third-order valence-electron chi connectivity index (χ3n) is 3.02. The van der Waals surface area contributed by atoms with Gasteiger partial charge in [-0.15, -0.1) is 0 Å². The van der Waals surface area contributed by atoms with E-state index in [-0.39, 0.29) is 5.75 Å². The smallest absolute Gasteiger partial charge is 0.335 e. The van der Waals surface area contributed by atoms with Crippen molar-refractivity contribution >= 4 is 5.97 Å². The van der Waals surface area contributed by atoms with Crippen molar-refractivity contribution in [2.24, 2.45) is 0 Å². The number of carbonyl (C=O) groups is 1. The van der Waals surface area contributed by atoms with Crippen molar-refractivity contribution in [3.8, 4) is 5.75 Å². The third kappa shape index (κ3) is 3.83. The minimum absolute atomic E-state index is 0.265. The minimum Gasteiger partial charge on any atom is -0.508 e. The number of nitrogens with zero attached hydrogens (tertiary/aromatic N) is 1. The highest BCUT2D eigenvalue weighted by Gasteiger charge is 2.05. The van der Waals surface area contributed by atoms with E-state index in [0.717, 1.165) is 24.2 Å². The fourth-order valence-electron chi connectivity index (χ4n) is 2.09. The van der Waals surface area contributed by atoms with Crippen LogP contribution in [0.5, 0.6) is 5.75 Å². The van der Waals surface area contributed by atoms with Crippen LogP contribution in [0.25, 0.3) is 0 Å². The molecule has 4 nitrogen and oxygen atoms in total. The standard InChI is InChI=1S/C16H17NO3/c1-17(11-13-3-2-4-15(18)9-13)10-12-5-7-14(8-6-12)16(19)20/h2-9,18H,10-11H2,1H3,(H,19,20). The van der Waals surface area contributed by atoms with Crippen molar-refractivity contribution in [3.63, 3.8) is 0 Å². The molecule has 0 amide bonds. The van der Waals surface area contributed by atoms with E-state index < -0.39 is 5.97 Å². The molecule has 0 radical (unpaired) electrons. The van der Waals surface area contributed by atoms with Crippen molar-refractivity contribution in [2.45, 2.75) is 13.1 Å². The monoisotopic (exact) mass is 271 g/mol. The maximum atomic E-state index is 10.8. The zero-order valence-electron chi connectivity index (χ0n) is 11.3. The lowest BCUT2D eigenvalue weighted by atomic mass is 10.1. The predicted octanol–water partition coefficient (Wildman–Crippen LogP) is 2.72. The Morgan fingerprint density at radius 3 is 2.30 bits per heavy atom. The second kappa shape index (κ2) is 6.21. The topological polar surface area (TPSA) is 60.8 Å². The van der Waals surface area contributed by atoms with E-state index in [4.69, 9.17) is 5.11 Å². The van der Waals surface area contributed by atoms with Crippen LogP contribution in [0.15, 0.2) is 48.5 Å². The van der Waals surface area contributed by atoms with Crippen LogP contribution in [0, 0.1) is 0 Å². The molecule has 4 heteroatoms. The zero-order valence-corrected chi connectivity index (χ0v) is 11.3. The molecule has 20 heavy (non-hydrogen) atoms. The number of carboxylic acid groups (broad SMARTS) is 1. The van der Waals surface area contributed by atoms with Gasteiger partial charge < -0.3 is 10.2 Å². The van der Waals surface area contributed by atoms with E-state index in [0.29, 0.717) is 5.56 Å². The van der Waals surface area contributed by atoms with Gasteiger partial charge >= 0.3 is 5.97 Å². The summed E-state index contributed by atoms with van der Waals surface area (Å²) < 4.78 is 0. The van der Waals surface area contributed by atoms with Crippen molar-refractivity contribution in [1.82, 2.24) is 4.90 Å². The normalized spacial score (nSPS) is 10.7. The van der Waals surface area contributed by atoms with Gasteiger partial charge in [0.05, 0.1) is 5.56 Å². The highest BCUT2D eigenvalue weighted by atomic mass is 16.4. The van der Waals surface area contributed by atoms with Gasteiger partial charge in [0, 0.05) is 13.1 Å². The SMILES string of the molecule is CN(Cc1ccc(C(=O)O)cc1)Cc1cccc(O)c1. The van der Waals surface area contributed by atoms with Crippen LogP contribution in [0.1, 0.15) is 21.5 Å². The number of aromatic carboxylic acids is 1. The minimum atomic E-state index is -0.912. The number of hydrogen-bond acceptors (Lipinski definition) is 3. The maximum Gasteiger partial charge on any atom is 0.335 e. The molecule has 0 spiro atoms. The summed E-state index contributed by atoms with van der Waals surface area (Å²) in [5.41, 5.74) is 2.39. The molecule has 0 aliphatic rings. The van der Waals surface area contributed by atoms with Crippen LogP contribution in [0.2, 0.25) is 0 Å². The average molecular weight is 271 g/mol. The van der Waals surface area contributed by atoms with Crippen molar-refractivity contribution < 1.29 is 15.0 Å². The highest BCUT2D eigenvalue weighted by Crippen LogP contribution is 2.14. The Labute approximate surface area is 117 Å². The molecule has 2 rings (SSSR count). The molecule has 0 saturated carbocycles. The Bertz CT molecular complexity index is 593. The second-order valence-electron chi connectivity index (χ2n) is 4.84. The predicted molar refractivity (Wildman–Crippen MR) is 76.7 cm³/mol. The number of benzene rings is 2. The Balaban J connectivity index is 1.97. The summed E-state index contributed by atoms with van der Waals surface area (Å²) >= 11 is 0. The van der Waals surface area contributed by atoms with Crippen LogP contribution in [-0.4, -0.2) is 28.1 Å². The number of hydrogen-bond donors (Lipinski definition) is 2. The summed E-state index contributed by atoms with van der Waals surface area (Å²) in [7, 11) is 1.98. The Morgan fingerprint density at radius 2 is 1.70 bits per heavy atom. The van der Waals surface area contributed by atoms with Gasteiger partial charge in [0.2, 0.25) is 0 Å². The molecule has 0 bridgehead atoms. The zero-order chi connectivity index (χ0) is 14.5. The molecule has 0 aliphatic heterocycles. The Hall–Kier alpha value is -2.33. The van der Waals surface area contributed by atoms with Crippen LogP contribution < -0.4 is 0 Å². The molecule has 2 aromatic rings. The number of rotatable bonds is 5.